The number of pyridine rings is 1. The van der Waals surface area contributed by atoms with Gasteiger partial charge in [0.15, 0.2) is 0 Å². The maximum Gasteiger partial charge on any atom is 0.266 e. The molecule has 0 fully saturated rings. The molecular formula is C42H33NO3. The third-order valence-corrected chi connectivity index (χ3v) is 9.33. The zero-order chi connectivity index (χ0) is 31.7. The molecule has 6 aromatic carbocycles. The van der Waals surface area contributed by atoms with Gasteiger partial charge >= 0.3 is 0 Å². The van der Waals surface area contributed by atoms with Crippen LogP contribution in [0.4, 0.5) is 0 Å². The van der Waals surface area contributed by atoms with Crippen LogP contribution in [0.25, 0.3) is 71.4 Å². The molecule has 0 aliphatic carbocycles. The standard InChI is InChI=1S/C42H33NO3/c1-24(2)28-19-13-20-29(25(3)4)39(28)43-41(44)33-22-31(26-14-7-5-8-15-26)36-30-18-11-12-21-35(30)46-40-32(27-16-9-6-10-17-27)23-34(42(43)45)37(33)38(36)40/h5-25H,1-4H3. The Morgan fingerprint density at radius 2 is 1.04 bits per heavy atom. The minimum absolute atomic E-state index is 0.107. The van der Waals surface area contributed by atoms with Crippen LogP contribution in [0.5, 0.6) is 0 Å². The minimum Gasteiger partial charge on any atom is -0.455 e. The number of rotatable bonds is 5. The SMILES string of the molecule is CC(C)c1cccc(C(C)C)c1-n1c(=O)c2cc(-c3ccccc3)c3oc4ccccc4c4c(-c5ccccc5)cc(c1=O)c2c34. The molecule has 0 saturated carbocycles. The number of fused-ring (bicyclic) bond motifs is 2. The second-order valence-electron chi connectivity index (χ2n) is 12.8. The summed E-state index contributed by atoms with van der Waals surface area (Å²) in [5.74, 6) is 0.214. The van der Waals surface area contributed by atoms with Crippen molar-refractivity contribution in [2.24, 2.45) is 0 Å². The van der Waals surface area contributed by atoms with Crippen LogP contribution in [0.1, 0.15) is 50.7 Å². The van der Waals surface area contributed by atoms with Crippen LogP contribution < -0.4 is 11.1 Å². The van der Waals surface area contributed by atoms with Gasteiger partial charge in [-0.05, 0) is 57.9 Å². The van der Waals surface area contributed by atoms with Gasteiger partial charge < -0.3 is 4.42 Å². The van der Waals surface area contributed by atoms with Crippen molar-refractivity contribution in [3.63, 3.8) is 0 Å². The average Bonchev–Trinajstić information content (AvgIpc) is 3.08. The first-order chi connectivity index (χ1) is 22.3. The van der Waals surface area contributed by atoms with Crippen molar-refractivity contribution >= 4 is 43.5 Å². The Labute approximate surface area is 266 Å². The Morgan fingerprint density at radius 3 is 1.63 bits per heavy atom. The van der Waals surface area contributed by atoms with Crippen LogP contribution in [-0.2, 0) is 0 Å². The summed E-state index contributed by atoms with van der Waals surface area (Å²) in [5, 5.41) is 4.37. The van der Waals surface area contributed by atoms with Gasteiger partial charge in [-0.1, -0.05) is 125 Å². The van der Waals surface area contributed by atoms with E-state index in [0.29, 0.717) is 27.4 Å². The lowest BCUT2D eigenvalue weighted by Gasteiger charge is -2.23. The van der Waals surface area contributed by atoms with Crippen molar-refractivity contribution < 1.29 is 4.42 Å². The molecule has 0 aliphatic rings. The Kier molecular flexibility index (Phi) is 6.43. The number of para-hydroxylation sites is 2. The highest BCUT2D eigenvalue weighted by atomic mass is 16.3. The molecule has 8 rings (SSSR count). The van der Waals surface area contributed by atoms with Gasteiger partial charge in [0.05, 0.1) is 5.69 Å². The van der Waals surface area contributed by atoms with E-state index in [9.17, 15) is 9.59 Å². The van der Waals surface area contributed by atoms with Crippen LogP contribution >= 0.6 is 0 Å². The van der Waals surface area contributed by atoms with Gasteiger partial charge in [-0.3, -0.25) is 9.59 Å². The summed E-state index contributed by atoms with van der Waals surface area (Å²) in [6.07, 6.45) is 0. The van der Waals surface area contributed by atoms with E-state index >= 15 is 0 Å². The number of nitrogens with zero attached hydrogens (tertiary/aromatic N) is 1. The highest BCUT2D eigenvalue weighted by molar-refractivity contribution is 6.32. The van der Waals surface area contributed by atoms with Gasteiger partial charge in [0.25, 0.3) is 11.1 Å². The lowest BCUT2D eigenvalue weighted by atomic mass is 9.87. The molecular weight excluding hydrogens is 566 g/mol. The zero-order valence-electron chi connectivity index (χ0n) is 26.3. The molecule has 46 heavy (non-hydrogen) atoms. The fourth-order valence-corrected chi connectivity index (χ4v) is 7.19. The lowest BCUT2D eigenvalue weighted by Crippen LogP contribution is -2.34. The molecule has 224 valence electrons. The smallest absolute Gasteiger partial charge is 0.266 e. The predicted octanol–water partition coefficient (Wildman–Crippen LogP) is 10.4. The predicted molar refractivity (Wildman–Crippen MR) is 191 cm³/mol. The average molecular weight is 600 g/mol. The normalized spacial score (nSPS) is 12.0. The van der Waals surface area contributed by atoms with Crippen molar-refractivity contribution in [2.75, 3.05) is 0 Å². The van der Waals surface area contributed by atoms with E-state index in [1.807, 2.05) is 97.1 Å². The van der Waals surface area contributed by atoms with Crippen LogP contribution in [-0.4, -0.2) is 4.57 Å². The molecule has 0 amide bonds. The molecule has 0 saturated heterocycles. The zero-order valence-corrected chi connectivity index (χ0v) is 26.3. The molecule has 0 radical (unpaired) electrons. The molecule has 0 atom stereocenters. The largest absolute Gasteiger partial charge is 0.455 e. The highest BCUT2D eigenvalue weighted by Gasteiger charge is 2.27. The summed E-state index contributed by atoms with van der Waals surface area (Å²) in [4.78, 5) is 29.9. The summed E-state index contributed by atoms with van der Waals surface area (Å²) in [6, 6.07) is 38.3. The van der Waals surface area contributed by atoms with Crippen molar-refractivity contribution in [1.82, 2.24) is 4.57 Å². The molecule has 0 aliphatic heterocycles. The van der Waals surface area contributed by atoms with Crippen molar-refractivity contribution in [1.29, 1.82) is 0 Å². The first-order valence-electron chi connectivity index (χ1n) is 15.9. The topological polar surface area (TPSA) is 52.2 Å². The molecule has 2 aromatic heterocycles. The van der Waals surface area contributed by atoms with Gasteiger partial charge in [-0.2, -0.15) is 0 Å². The Hall–Kier alpha value is -5.48. The molecule has 4 nitrogen and oxygen atoms in total. The number of benzene rings is 6. The van der Waals surface area contributed by atoms with Crippen molar-refractivity contribution in [2.45, 2.75) is 39.5 Å². The molecule has 8 aromatic rings. The van der Waals surface area contributed by atoms with E-state index in [1.54, 1.807) is 0 Å². The van der Waals surface area contributed by atoms with Gasteiger partial charge in [0.1, 0.15) is 11.2 Å². The van der Waals surface area contributed by atoms with E-state index in [0.717, 1.165) is 55.1 Å². The first kappa shape index (κ1) is 28.0. The lowest BCUT2D eigenvalue weighted by molar-refractivity contribution is 0.663. The van der Waals surface area contributed by atoms with E-state index in [-0.39, 0.29) is 23.0 Å². The van der Waals surface area contributed by atoms with Crippen molar-refractivity contribution in [3.05, 3.63) is 147 Å². The molecule has 0 N–H and O–H groups in total. The van der Waals surface area contributed by atoms with E-state index in [1.165, 1.54) is 4.57 Å². The Balaban J connectivity index is 1.69. The summed E-state index contributed by atoms with van der Waals surface area (Å²) >= 11 is 0. The summed E-state index contributed by atoms with van der Waals surface area (Å²) < 4.78 is 8.20. The third kappa shape index (κ3) is 4.06. The van der Waals surface area contributed by atoms with Crippen molar-refractivity contribution in [3.8, 4) is 27.9 Å². The van der Waals surface area contributed by atoms with Crippen LogP contribution in [0.3, 0.4) is 0 Å². The molecule has 0 spiro atoms. The summed E-state index contributed by atoms with van der Waals surface area (Å²) in [5.41, 5.74) is 7.12. The van der Waals surface area contributed by atoms with Crippen LogP contribution in [0.15, 0.2) is 129 Å². The maximum absolute atomic E-state index is 14.9. The number of aromatic nitrogens is 1. The third-order valence-electron chi connectivity index (χ3n) is 9.33. The molecule has 0 unspecified atom stereocenters. The highest BCUT2D eigenvalue weighted by Crippen LogP contribution is 2.46. The molecule has 0 bridgehead atoms. The second-order valence-corrected chi connectivity index (χ2v) is 12.8. The quantitative estimate of drug-likeness (QED) is 0.146. The van der Waals surface area contributed by atoms with Gasteiger partial charge in [-0.15, -0.1) is 0 Å². The van der Waals surface area contributed by atoms with Crippen LogP contribution in [0, 0.1) is 0 Å². The monoisotopic (exact) mass is 599 g/mol. The second kappa shape index (κ2) is 10.6. The fraction of sp³-hybridized carbons (Fsp3) is 0.143. The van der Waals surface area contributed by atoms with Gasteiger partial charge in [0.2, 0.25) is 0 Å². The van der Waals surface area contributed by atoms with Gasteiger partial charge in [-0.25, -0.2) is 4.57 Å². The Morgan fingerprint density at radius 1 is 0.522 bits per heavy atom. The molecule has 4 heteroatoms. The van der Waals surface area contributed by atoms with Crippen LogP contribution in [0.2, 0.25) is 0 Å². The minimum atomic E-state index is -0.312. The van der Waals surface area contributed by atoms with E-state index in [2.05, 4.69) is 45.9 Å². The Bertz CT molecular complexity index is 2500. The maximum atomic E-state index is 14.9. The molecule has 2 heterocycles. The first-order valence-corrected chi connectivity index (χ1v) is 15.9. The summed E-state index contributed by atoms with van der Waals surface area (Å²) in [6.45, 7) is 8.43. The van der Waals surface area contributed by atoms with Gasteiger partial charge in [0, 0.05) is 37.9 Å². The number of hydrogen-bond acceptors (Lipinski definition) is 3. The summed E-state index contributed by atoms with van der Waals surface area (Å²) in [7, 11) is 0. The fourth-order valence-electron chi connectivity index (χ4n) is 7.19. The number of hydrogen-bond donors (Lipinski definition) is 0. The van der Waals surface area contributed by atoms with E-state index in [4.69, 9.17) is 4.42 Å². The van der Waals surface area contributed by atoms with E-state index < -0.39 is 0 Å².